The quantitative estimate of drug-likeness (QED) is 0.144. The summed E-state index contributed by atoms with van der Waals surface area (Å²) in [6.45, 7) is 8.61. The van der Waals surface area contributed by atoms with Crippen molar-refractivity contribution in [3.63, 3.8) is 0 Å². The molecule has 54 heavy (non-hydrogen) atoms. The molecule has 15 heteroatoms. The Morgan fingerprint density at radius 3 is 2.50 bits per heavy atom. The maximum absolute atomic E-state index is 14.3. The molecule has 0 bridgehead atoms. The summed E-state index contributed by atoms with van der Waals surface area (Å²) in [5.74, 6) is 0.867. The van der Waals surface area contributed by atoms with E-state index in [1.54, 1.807) is 19.5 Å². The van der Waals surface area contributed by atoms with Crippen molar-refractivity contribution in [2.75, 3.05) is 69.9 Å². The highest BCUT2D eigenvalue weighted by atomic mass is 19.4. The Morgan fingerprint density at radius 2 is 1.83 bits per heavy atom. The predicted octanol–water partition coefficient (Wildman–Crippen LogP) is 6.87. The van der Waals surface area contributed by atoms with Crippen LogP contribution in [0.1, 0.15) is 82.4 Å². The van der Waals surface area contributed by atoms with Crippen LogP contribution in [0.5, 0.6) is 0 Å². The van der Waals surface area contributed by atoms with E-state index in [2.05, 4.69) is 31.6 Å². The van der Waals surface area contributed by atoms with Gasteiger partial charge in [0.15, 0.2) is 11.5 Å². The SMILES string of the molecule is CCOC(=O)CCN1CCN(c2cnc(-c3nc4nc(-c5cnc(C6CC6)c(C(F)(F)F)c5)cc(N(C)CC5(COC)CCCCC5)c4[nH]3)cn2)[C@H](C)C1. The molecular weight excluding hydrogens is 699 g/mol. The normalized spacial score (nSPS) is 19.3. The Balaban J connectivity index is 1.19. The first kappa shape index (κ1) is 37.9. The van der Waals surface area contributed by atoms with E-state index in [0.717, 1.165) is 56.8 Å². The van der Waals surface area contributed by atoms with Gasteiger partial charge in [-0.15, -0.1) is 0 Å². The van der Waals surface area contributed by atoms with Gasteiger partial charge in [0.05, 0.1) is 54.7 Å². The van der Waals surface area contributed by atoms with Crippen LogP contribution in [0.25, 0.3) is 33.9 Å². The lowest BCUT2D eigenvalue weighted by molar-refractivity contribution is -0.143. The van der Waals surface area contributed by atoms with Crippen molar-refractivity contribution in [1.82, 2.24) is 34.8 Å². The van der Waals surface area contributed by atoms with Crippen molar-refractivity contribution < 1.29 is 27.4 Å². The summed E-state index contributed by atoms with van der Waals surface area (Å²) in [6, 6.07) is 3.18. The van der Waals surface area contributed by atoms with Crippen LogP contribution >= 0.6 is 0 Å². The molecule has 0 unspecified atom stereocenters. The number of imidazole rings is 1. The highest BCUT2D eigenvalue weighted by molar-refractivity contribution is 5.91. The Bertz CT molecular complexity index is 1920. The number of alkyl halides is 3. The molecule has 0 aromatic carbocycles. The number of hydrogen-bond acceptors (Lipinski definition) is 11. The number of rotatable bonds is 13. The van der Waals surface area contributed by atoms with Gasteiger partial charge >= 0.3 is 12.1 Å². The average Bonchev–Trinajstić information content (AvgIpc) is 3.91. The lowest BCUT2D eigenvalue weighted by Gasteiger charge is -2.40. The molecule has 4 aromatic rings. The van der Waals surface area contributed by atoms with E-state index in [1.807, 2.05) is 20.0 Å². The molecule has 290 valence electrons. The summed E-state index contributed by atoms with van der Waals surface area (Å²) in [5, 5.41) is 0. The molecule has 0 spiro atoms. The fourth-order valence-electron chi connectivity index (χ4n) is 8.26. The van der Waals surface area contributed by atoms with Crippen LogP contribution in [0.3, 0.4) is 0 Å². The Kier molecular flexibility index (Phi) is 11.1. The topological polar surface area (TPSA) is 125 Å². The smallest absolute Gasteiger partial charge is 0.418 e. The van der Waals surface area contributed by atoms with Crippen LogP contribution in [0, 0.1) is 5.41 Å². The maximum atomic E-state index is 14.3. The van der Waals surface area contributed by atoms with Gasteiger partial charge in [-0.25, -0.2) is 19.9 Å². The largest absolute Gasteiger partial charge is 0.466 e. The van der Waals surface area contributed by atoms with Gasteiger partial charge in [0.25, 0.3) is 0 Å². The summed E-state index contributed by atoms with van der Waals surface area (Å²) < 4.78 is 53.7. The van der Waals surface area contributed by atoms with Crippen molar-refractivity contribution in [3.05, 3.63) is 42.0 Å². The number of pyridine rings is 2. The molecule has 1 N–H and O–H groups in total. The lowest BCUT2D eigenvalue weighted by Crippen LogP contribution is -2.52. The lowest BCUT2D eigenvalue weighted by atomic mass is 9.74. The molecule has 0 amide bonds. The number of hydrogen-bond donors (Lipinski definition) is 1. The van der Waals surface area contributed by atoms with Gasteiger partial charge in [0.1, 0.15) is 17.0 Å². The van der Waals surface area contributed by atoms with Crippen LogP contribution in [-0.2, 0) is 20.4 Å². The van der Waals surface area contributed by atoms with Gasteiger partial charge in [0, 0.05) is 76.0 Å². The fourth-order valence-corrected chi connectivity index (χ4v) is 8.26. The summed E-state index contributed by atoms with van der Waals surface area (Å²) in [7, 11) is 3.74. The van der Waals surface area contributed by atoms with Gasteiger partial charge in [-0.2, -0.15) is 13.2 Å². The van der Waals surface area contributed by atoms with E-state index in [1.165, 1.54) is 18.7 Å². The van der Waals surface area contributed by atoms with E-state index in [0.29, 0.717) is 73.9 Å². The van der Waals surface area contributed by atoms with Gasteiger partial charge in [-0.1, -0.05) is 19.3 Å². The third-order valence-electron chi connectivity index (χ3n) is 11.1. The molecule has 3 aliphatic rings. The number of piperazine rings is 1. The number of carbonyl (C=O) groups is 1. The summed E-state index contributed by atoms with van der Waals surface area (Å²) in [6.07, 6.45) is 7.71. The summed E-state index contributed by atoms with van der Waals surface area (Å²) >= 11 is 0. The number of ether oxygens (including phenoxy) is 2. The minimum atomic E-state index is -4.53. The van der Waals surface area contributed by atoms with Crippen molar-refractivity contribution in [2.45, 2.75) is 83.4 Å². The van der Waals surface area contributed by atoms with E-state index in [-0.39, 0.29) is 34.6 Å². The van der Waals surface area contributed by atoms with Crippen LogP contribution in [-0.4, -0.2) is 107 Å². The van der Waals surface area contributed by atoms with E-state index < -0.39 is 11.7 Å². The minimum absolute atomic E-state index is 0.0535. The Labute approximate surface area is 313 Å². The van der Waals surface area contributed by atoms with Crippen LogP contribution in [0.2, 0.25) is 0 Å². The standard InChI is InChI=1S/C39H50F3N9O3/c1-5-54-33(52)11-14-50-15-16-51(25(2)22-50)32-21-43-30(20-44-32)36-47-35-31(49(3)23-38(24-53-4)12-7-6-8-13-38)18-29(46-37(35)48-36)27-17-28(39(40,41)42)34(45-19-27)26-9-10-26/h17-21,25-26H,5-16,22-24H2,1-4H3,(H,46,47,48)/t25-/m1/s1. The number of fused-ring (bicyclic) bond motifs is 1. The number of aromatic nitrogens is 6. The first-order chi connectivity index (χ1) is 26.0. The number of nitrogens with one attached hydrogen (secondary N) is 1. The van der Waals surface area contributed by atoms with Crippen molar-refractivity contribution in [1.29, 1.82) is 0 Å². The van der Waals surface area contributed by atoms with Gasteiger partial charge in [-0.3, -0.25) is 14.7 Å². The van der Waals surface area contributed by atoms with E-state index in [9.17, 15) is 18.0 Å². The molecule has 12 nitrogen and oxygen atoms in total. The Morgan fingerprint density at radius 1 is 1.04 bits per heavy atom. The molecule has 1 atom stereocenters. The van der Waals surface area contributed by atoms with Gasteiger partial charge in [0.2, 0.25) is 0 Å². The number of carbonyl (C=O) groups excluding carboxylic acids is 1. The monoisotopic (exact) mass is 749 g/mol. The molecule has 7 rings (SSSR count). The zero-order valence-electron chi connectivity index (χ0n) is 31.6. The summed E-state index contributed by atoms with van der Waals surface area (Å²) in [5.41, 5.74) is 2.33. The molecule has 2 saturated carbocycles. The zero-order chi connectivity index (χ0) is 38.0. The predicted molar refractivity (Wildman–Crippen MR) is 200 cm³/mol. The second-order valence-electron chi connectivity index (χ2n) is 15.2. The molecule has 2 aliphatic carbocycles. The van der Waals surface area contributed by atoms with E-state index >= 15 is 0 Å². The molecule has 1 aliphatic heterocycles. The maximum Gasteiger partial charge on any atom is 0.418 e. The van der Waals surface area contributed by atoms with Crippen LogP contribution in [0.15, 0.2) is 30.7 Å². The number of anilines is 2. The van der Waals surface area contributed by atoms with Crippen molar-refractivity contribution in [2.24, 2.45) is 5.41 Å². The second-order valence-corrected chi connectivity index (χ2v) is 15.2. The molecule has 5 heterocycles. The first-order valence-electron chi connectivity index (χ1n) is 19.1. The van der Waals surface area contributed by atoms with Crippen LogP contribution < -0.4 is 9.80 Å². The highest BCUT2D eigenvalue weighted by Gasteiger charge is 2.40. The Hall–Kier alpha value is -4.37. The van der Waals surface area contributed by atoms with Crippen molar-refractivity contribution >= 4 is 28.6 Å². The molecule has 4 aromatic heterocycles. The number of nitrogens with zero attached hydrogens (tertiary/aromatic N) is 8. The van der Waals surface area contributed by atoms with Gasteiger partial charge in [-0.05, 0) is 51.7 Å². The first-order valence-corrected chi connectivity index (χ1v) is 19.1. The fraction of sp³-hybridized carbons (Fsp3) is 0.590. The van der Waals surface area contributed by atoms with Gasteiger partial charge < -0.3 is 24.3 Å². The summed E-state index contributed by atoms with van der Waals surface area (Å²) in [4.78, 5) is 45.4. The second kappa shape index (κ2) is 15.8. The van der Waals surface area contributed by atoms with Crippen LogP contribution in [0.4, 0.5) is 24.7 Å². The number of halogens is 3. The third-order valence-corrected chi connectivity index (χ3v) is 11.1. The van der Waals surface area contributed by atoms with E-state index in [4.69, 9.17) is 29.4 Å². The number of aromatic amines is 1. The number of esters is 1. The molecule has 3 fully saturated rings. The number of H-pyrrole nitrogens is 1. The van der Waals surface area contributed by atoms with Crippen molar-refractivity contribution in [3.8, 4) is 22.8 Å². The zero-order valence-corrected chi connectivity index (χ0v) is 31.6. The molecular formula is C39H50F3N9O3. The minimum Gasteiger partial charge on any atom is -0.466 e. The number of methoxy groups -OCH3 is 1. The third kappa shape index (κ3) is 8.31. The average molecular weight is 750 g/mol. The molecule has 1 saturated heterocycles. The molecule has 0 radical (unpaired) electrons. The highest BCUT2D eigenvalue weighted by Crippen LogP contribution is 2.46.